The van der Waals surface area contributed by atoms with Gasteiger partial charge in [-0.2, -0.15) is 0 Å². The average Bonchev–Trinajstić information content (AvgIpc) is 2.65. The first-order valence-electron chi connectivity index (χ1n) is 10.6. The molecule has 0 bridgehead atoms. The fourth-order valence-electron chi connectivity index (χ4n) is 3.18. The molecule has 144 valence electrons. The van der Waals surface area contributed by atoms with Gasteiger partial charge in [0, 0.05) is 6.61 Å². The fraction of sp³-hybridized carbons (Fsp3) is 0.739. The predicted octanol–water partition coefficient (Wildman–Crippen LogP) is 8.10. The van der Waals surface area contributed by atoms with Crippen molar-refractivity contribution >= 4 is 22.6 Å². The second-order valence-electron chi connectivity index (χ2n) is 7.18. The zero-order chi connectivity index (χ0) is 17.8. The Balaban J connectivity index is 1.69. The van der Waals surface area contributed by atoms with E-state index in [9.17, 15) is 0 Å². The minimum atomic E-state index is 0.763. The highest BCUT2D eigenvalue weighted by Crippen LogP contribution is 2.13. The molecule has 0 N–H and O–H groups in total. The Morgan fingerprint density at radius 2 is 1.00 bits per heavy atom. The lowest BCUT2D eigenvalue weighted by molar-refractivity contribution is 0.116. The molecule has 0 saturated carbocycles. The van der Waals surface area contributed by atoms with E-state index in [4.69, 9.17) is 4.74 Å². The van der Waals surface area contributed by atoms with Crippen molar-refractivity contribution in [3.63, 3.8) is 0 Å². The molecule has 0 aliphatic rings. The lowest BCUT2D eigenvalue weighted by atomic mass is 10.0. The van der Waals surface area contributed by atoms with Crippen LogP contribution in [-0.4, -0.2) is 11.0 Å². The lowest BCUT2D eigenvalue weighted by Gasteiger charge is -2.05. The van der Waals surface area contributed by atoms with Gasteiger partial charge in [-0.15, -0.1) is 0 Å². The molecule has 0 heterocycles. The minimum Gasteiger partial charge on any atom is -0.377 e. The quantitative estimate of drug-likeness (QED) is 0.123. The van der Waals surface area contributed by atoms with Crippen LogP contribution < -0.4 is 0 Å². The van der Waals surface area contributed by atoms with Gasteiger partial charge >= 0.3 is 0 Å². The first-order valence-corrected chi connectivity index (χ1v) is 12.1. The van der Waals surface area contributed by atoms with Crippen molar-refractivity contribution in [2.75, 3.05) is 11.0 Å². The zero-order valence-electron chi connectivity index (χ0n) is 16.2. The van der Waals surface area contributed by atoms with Gasteiger partial charge in [0.2, 0.25) is 0 Å². The largest absolute Gasteiger partial charge is 0.377 e. The van der Waals surface area contributed by atoms with Crippen LogP contribution in [0.1, 0.15) is 95.5 Å². The standard InChI is InChI=1S/C23H39IO/c24-20-16-11-9-7-5-3-1-2-4-6-8-10-12-17-21-25-22-23-18-14-13-15-19-23/h13-15,18-19H,1-12,16-17,20-22H2. The maximum absolute atomic E-state index is 5.73. The molecule has 1 rings (SSSR count). The van der Waals surface area contributed by atoms with Crippen molar-refractivity contribution in [2.45, 2.75) is 96.5 Å². The second kappa shape index (κ2) is 18.7. The average molecular weight is 458 g/mol. The number of halogens is 1. The molecule has 0 atom stereocenters. The monoisotopic (exact) mass is 458 g/mol. The molecule has 0 aliphatic carbocycles. The van der Waals surface area contributed by atoms with Crippen LogP contribution in [0, 0.1) is 0 Å². The third-order valence-electron chi connectivity index (χ3n) is 4.78. The third-order valence-corrected chi connectivity index (χ3v) is 5.55. The van der Waals surface area contributed by atoms with Crippen molar-refractivity contribution < 1.29 is 4.74 Å². The summed E-state index contributed by atoms with van der Waals surface area (Å²) in [6.45, 7) is 1.67. The van der Waals surface area contributed by atoms with Gasteiger partial charge in [0.1, 0.15) is 0 Å². The Hall–Kier alpha value is -0.0900. The summed E-state index contributed by atoms with van der Waals surface area (Å²) in [5.41, 5.74) is 1.28. The Bertz CT molecular complexity index is 366. The van der Waals surface area contributed by atoms with Crippen molar-refractivity contribution in [3.05, 3.63) is 35.9 Å². The summed E-state index contributed by atoms with van der Waals surface area (Å²) in [6.07, 6.45) is 19.8. The maximum atomic E-state index is 5.73. The van der Waals surface area contributed by atoms with Gasteiger partial charge in [-0.05, 0) is 22.8 Å². The molecule has 2 heteroatoms. The first-order chi connectivity index (χ1) is 12.4. The molecule has 0 spiro atoms. The summed E-state index contributed by atoms with van der Waals surface area (Å²) < 4.78 is 7.06. The number of unbranched alkanes of at least 4 members (excludes halogenated alkanes) is 13. The van der Waals surface area contributed by atoms with Gasteiger partial charge in [0.05, 0.1) is 6.61 Å². The molecule has 1 aromatic carbocycles. The minimum absolute atomic E-state index is 0.763. The number of hydrogen-bond acceptors (Lipinski definition) is 1. The van der Waals surface area contributed by atoms with Crippen LogP contribution in [-0.2, 0) is 11.3 Å². The van der Waals surface area contributed by atoms with E-state index < -0.39 is 0 Å². The van der Waals surface area contributed by atoms with E-state index in [1.807, 2.05) is 0 Å². The normalized spacial score (nSPS) is 11.1. The fourth-order valence-corrected chi connectivity index (χ4v) is 3.72. The van der Waals surface area contributed by atoms with Gasteiger partial charge in [-0.3, -0.25) is 0 Å². The third kappa shape index (κ3) is 15.9. The van der Waals surface area contributed by atoms with Crippen molar-refractivity contribution in [2.24, 2.45) is 0 Å². The number of benzene rings is 1. The Morgan fingerprint density at radius 3 is 1.48 bits per heavy atom. The van der Waals surface area contributed by atoms with Crippen LogP contribution in [0.3, 0.4) is 0 Å². The van der Waals surface area contributed by atoms with Crippen molar-refractivity contribution in [1.29, 1.82) is 0 Å². The highest BCUT2D eigenvalue weighted by atomic mass is 127. The van der Waals surface area contributed by atoms with Crippen LogP contribution in [0.4, 0.5) is 0 Å². The Morgan fingerprint density at radius 1 is 0.560 bits per heavy atom. The summed E-state index contributed by atoms with van der Waals surface area (Å²) in [5, 5.41) is 0. The number of rotatable bonds is 18. The molecule has 0 fully saturated rings. The van der Waals surface area contributed by atoms with Crippen LogP contribution in [0.5, 0.6) is 0 Å². The summed E-state index contributed by atoms with van der Waals surface area (Å²) >= 11 is 2.48. The molecule has 0 aliphatic heterocycles. The molecule has 0 unspecified atom stereocenters. The molecule has 1 aromatic rings. The van der Waals surface area contributed by atoms with Crippen LogP contribution in [0.2, 0.25) is 0 Å². The molecule has 0 saturated heterocycles. The smallest absolute Gasteiger partial charge is 0.0716 e. The van der Waals surface area contributed by atoms with E-state index in [0.717, 1.165) is 13.2 Å². The van der Waals surface area contributed by atoms with Gasteiger partial charge in [0.15, 0.2) is 0 Å². The highest BCUT2D eigenvalue weighted by Gasteiger charge is 1.95. The Kier molecular flexibility index (Phi) is 17.2. The first kappa shape index (κ1) is 23.0. The van der Waals surface area contributed by atoms with Crippen molar-refractivity contribution in [3.8, 4) is 0 Å². The van der Waals surface area contributed by atoms with Gasteiger partial charge in [-0.1, -0.05) is 130 Å². The Labute approximate surface area is 170 Å². The summed E-state index contributed by atoms with van der Waals surface area (Å²) in [5.74, 6) is 0. The van der Waals surface area contributed by atoms with Gasteiger partial charge in [-0.25, -0.2) is 0 Å². The number of alkyl halides is 1. The predicted molar refractivity (Wildman–Crippen MR) is 120 cm³/mol. The van der Waals surface area contributed by atoms with Crippen LogP contribution in [0.15, 0.2) is 30.3 Å². The SMILES string of the molecule is ICCCCCCCCCCCCCCCCOCc1ccccc1. The summed E-state index contributed by atoms with van der Waals surface area (Å²) in [6, 6.07) is 10.5. The lowest BCUT2D eigenvalue weighted by Crippen LogP contribution is -1.95. The number of ether oxygens (including phenoxy) is 1. The molecule has 25 heavy (non-hydrogen) atoms. The van der Waals surface area contributed by atoms with Crippen molar-refractivity contribution in [1.82, 2.24) is 0 Å². The maximum Gasteiger partial charge on any atom is 0.0716 e. The van der Waals surface area contributed by atoms with Crippen LogP contribution in [0.25, 0.3) is 0 Å². The zero-order valence-corrected chi connectivity index (χ0v) is 18.4. The van der Waals surface area contributed by atoms with E-state index in [0.29, 0.717) is 0 Å². The van der Waals surface area contributed by atoms with E-state index in [2.05, 4.69) is 52.9 Å². The number of hydrogen-bond donors (Lipinski definition) is 0. The molecular weight excluding hydrogens is 419 g/mol. The van der Waals surface area contributed by atoms with E-state index in [-0.39, 0.29) is 0 Å². The highest BCUT2D eigenvalue weighted by molar-refractivity contribution is 14.1. The van der Waals surface area contributed by atoms with E-state index in [1.54, 1.807) is 0 Å². The van der Waals surface area contributed by atoms with E-state index in [1.165, 1.54) is 99.9 Å². The molecule has 1 nitrogen and oxygen atoms in total. The van der Waals surface area contributed by atoms with Crippen LogP contribution >= 0.6 is 22.6 Å². The van der Waals surface area contributed by atoms with Gasteiger partial charge in [0.25, 0.3) is 0 Å². The molecular formula is C23H39IO. The van der Waals surface area contributed by atoms with E-state index >= 15 is 0 Å². The molecule has 0 aromatic heterocycles. The van der Waals surface area contributed by atoms with Gasteiger partial charge < -0.3 is 4.74 Å². The summed E-state index contributed by atoms with van der Waals surface area (Å²) in [7, 11) is 0. The second-order valence-corrected chi connectivity index (χ2v) is 8.26. The molecule has 0 amide bonds. The molecule has 0 radical (unpaired) electrons. The topological polar surface area (TPSA) is 9.23 Å². The summed E-state index contributed by atoms with van der Waals surface area (Å²) in [4.78, 5) is 0.